The maximum absolute atomic E-state index is 12.5. The minimum Gasteiger partial charge on any atom is -0.325 e. The fourth-order valence-corrected chi connectivity index (χ4v) is 3.38. The highest BCUT2D eigenvalue weighted by atomic mass is 127. The molecule has 0 bridgehead atoms. The fraction of sp³-hybridized carbons (Fsp3) is 0.188. The number of nitrogens with one attached hydrogen (secondary N) is 1. The van der Waals surface area contributed by atoms with Crippen molar-refractivity contribution in [3.05, 3.63) is 58.2 Å². The number of anilines is 2. The van der Waals surface area contributed by atoms with Gasteiger partial charge >= 0.3 is 10.2 Å². The summed E-state index contributed by atoms with van der Waals surface area (Å²) in [4.78, 5) is 12.3. The lowest BCUT2D eigenvalue weighted by molar-refractivity contribution is -0.114. The molecule has 0 aliphatic heterocycles. The maximum atomic E-state index is 12.5. The van der Waals surface area contributed by atoms with Crippen LogP contribution in [0.5, 0.6) is 0 Å². The molecule has 6 nitrogen and oxygen atoms in total. The molecular formula is C16H18IN3O3S. The molecule has 0 saturated carbocycles. The first-order valence-corrected chi connectivity index (χ1v) is 9.59. The van der Waals surface area contributed by atoms with E-state index in [0.29, 0.717) is 11.4 Å². The summed E-state index contributed by atoms with van der Waals surface area (Å²) in [5, 5.41) is 2.71. The number of para-hydroxylation sites is 1. The van der Waals surface area contributed by atoms with Crippen LogP contribution in [0.2, 0.25) is 0 Å². The Labute approximate surface area is 155 Å². The summed E-state index contributed by atoms with van der Waals surface area (Å²) < 4.78 is 28.3. The number of amides is 1. The molecule has 2 rings (SSSR count). The topological polar surface area (TPSA) is 69.7 Å². The van der Waals surface area contributed by atoms with Crippen molar-refractivity contribution in [1.29, 1.82) is 0 Å². The molecule has 0 heterocycles. The Balaban J connectivity index is 2.22. The number of nitrogens with zero attached hydrogens (tertiary/aromatic N) is 2. The van der Waals surface area contributed by atoms with Crippen LogP contribution in [0.25, 0.3) is 0 Å². The van der Waals surface area contributed by atoms with Gasteiger partial charge in [0, 0.05) is 23.4 Å². The van der Waals surface area contributed by atoms with E-state index in [1.54, 1.807) is 42.5 Å². The number of carbonyl (C=O) groups excluding carboxylic acids is 1. The lowest BCUT2D eigenvalue weighted by Gasteiger charge is -2.26. The molecule has 0 saturated heterocycles. The van der Waals surface area contributed by atoms with Crippen LogP contribution in [-0.2, 0) is 15.0 Å². The molecule has 0 radical (unpaired) electrons. The SMILES string of the molecule is CN(C)S(=O)(=O)N(CC(=O)Nc1ccc(I)cc1)c1ccccc1. The van der Waals surface area contributed by atoms with E-state index >= 15 is 0 Å². The molecule has 0 fully saturated rings. The van der Waals surface area contributed by atoms with E-state index in [4.69, 9.17) is 0 Å². The van der Waals surface area contributed by atoms with Gasteiger partial charge in [0.05, 0.1) is 5.69 Å². The average Bonchev–Trinajstić information content (AvgIpc) is 2.55. The minimum atomic E-state index is -3.78. The predicted octanol–water partition coefficient (Wildman–Crippen LogP) is 2.54. The summed E-state index contributed by atoms with van der Waals surface area (Å²) in [5.41, 5.74) is 1.06. The second kappa shape index (κ2) is 7.95. The molecule has 1 amide bonds. The summed E-state index contributed by atoms with van der Waals surface area (Å²) in [6.45, 7) is -0.309. The number of hydrogen-bond donors (Lipinski definition) is 1. The highest BCUT2D eigenvalue weighted by Crippen LogP contribution is 2.19. The third kappa shape index (κ3) is 4.68. The third-order valence-electron chi connectivity index (χ3n) is 3.20. The molecular weight excluding hydrogens is 441 g/mol. The summed E-state index contributed by atoms with van der Waals surface area (Å²) in [6.07, 6.45) is 0. The average molecular weight is 459 g/mol. The van der Waals surface area contributed by atoms with E-state index in [1.807, 2.05) is 12.1 Å². The van der Waals surface area contributed by atoms with Crippen LogP contribution < -0.4 is 9.62 Å². The number of rotatable bonds is 6. The second-order valence-corrected chi connectivity index (χ2v) is 8.50. The zero-order chi connectivity index (χ0) is 17.7. The summed E-state index contributed by atoms with van der Waals surface area (Å²) in [7, 11) is -0.916. The zero-order valence-electron chi connectivity index (χ0n) is 13.3. The molecule has 0 atom stereocenters. The van der Waals surface area contributed by atoms with Gasteiger partial charge in [-0.3, -0.25) is 4.79 Å². The first kappa shape index (κ1) is 18.7. The van der Waals surface area contributed by atoms with Gasteiger partial charge in [-0.05, 0) is 59.0 Å². The van der Waals surface area contributed by atoms with Crippen molar-refractivity contribution in [2.24, 2.45) is 0 Å². The van der Waals surface area contributed by atoms with Gasteiger partial charge in [-0.2, -0.15) is 12.7 Å². The maximum Gasteiger partial charge on any atom is 0.304 e. The van der Waals surface area contributed by atoms with E-state index in [-0.39, 0.29) is 6.54 Å². The van der Waals surface area contributed by atoms with Crippen molar-refractivity contribution in [1.82, 2.24) is 4.31 Å². The standard InChI is InChI=1S/C16H18IN3O3S/c1-19(2)24(22,23)20(15-6-4-3-5-7-15)12-16(21)18-14-10-8-13(17)9-11-14/h3-11H,12H2,1-2H3,(H,18,21). The van der Waals surface area contributed by atoms with Gasteiger partial charge in [0.1, 0.15) is 6.54 Å². The minimum absolute atomic E-state index is 0.309. The lowest BCUT2D eigenvalue weighted by atomic mass is 10.3. The predicted molar refractivity (Wildman–Crippen MR) is 104 cm³/mol. The number of halogens is 1. The summed E-state index contributed by atoms with van der Waals surface area (Å²) in [6, 6.07) is 15.8. The molecule has 8 heteroatoms. The van der Waals surface area contributed by atoms with Crippen LogP contribution in [0, 0.1) is 3.57 Å². The van der Waals surface area contributed by atoms with Gasteiger partial charge in [0.25, 0.3) is 0 Å². The van der Waals surface area contributed by atoms with Crippen molar-refractivity contribution in [2.75, 3.05) is 30.3 Å². The quantitative estimate of drug-likeness (QED) is 0.676. The number of benzene rings is 2. The van der Waals surface area contributed by atoms with Gasteiger partial charge in [-0.1, -0.05) is 18.2 Å². The van der Waals surface area contributed by atoms with E-state index in [2.05, 4.69) is 27.9 Å². The highest BCUT2D eigenvalue weighted by molar-refractivity contribution is 14.1. The second-order valence-electron chi connectivity index (χ2n) is 5.19. The van der Waals surface area contributed by atoms with Crippen LogP contribution >= 0.6 is 22.6 Å². The van der Waals surface area contributed by atoms with Crippen molar-refractivity contribution in [3.63, 3.8) is 0 Å². The molecule has 24 heavy (non-hydrogen) atoms. The molecule has 0 aliphatic carbocycles. The smallest absolute Gasteiger partial charge is 0.304 e. The van der Waals surface area contributed by atoms with Crippen LogP contribution in [0.1, 0.15) is 0 Å². The fourth-order valence-electron chi connectivity index (χ4n) is 1.96. The lowest BCUT2D eigenvalue weighted by Crippen LogP contribution is -2.44. The Morgan fingerprint density at radius 3 is 2.17 bits per heavy atom. The van der Waals surface area contributed by atoms with Crippen molar-refractivity contribution < 1.29 is 13.2 Å². The van der Waals surface area contributed by atoms with Crippen LogP contribution in [-0.4, -0.2) is 39.3 Å². The van der Waals surface area contributed by atoms with Gasteiger partial charge in [0.2, 0.25) is 5.91 Å². The molecule has 0 unspecified atom stereocenters. The number of carbonyl (C=O) groups is 1. The van der Waals surface area contributed by atoms with Gasteiger partial charge in [0.15, 0.2) is 0 Å². The largest absolute Gasteiger partial charge is 0.325 e. The van der Waals surface area contributed by atoms with E-state index in [9.17, 15) is 13.2 Å². The Bertz CT molecular complexity index is 793. The Morgan fingerprint density at radius 2 is 1.62 bits per heavy atom. The normalized spacial score (nSPS) is 11.3. The van der Waals surface area contributed by atoms with Crippen molar-refractivity contribution in [3.8, 4) is 0 Å². The number of hydrogen-bond acceptors (Lipinski definition) is 3. The van der Waals surface area contributed by atoms with Crippen LogP contribution in [0.15, 0.2) is 54.6 Å². The zero-order valence-corrected chi connectivity index (χ0v) is 16.3. The van der Waals surface area contributed by atoms with Crippen LogP contribution in [0.3, 0.4) is 0 Å². The summed E-state index contributed by atoms with van der Waals surface area (Å²) >= 11 is 2.17. The van der Waals surface area contributed by atoms with E-state index < -0.39 is 16.1 Å². The van der Waals surface area contributed by atoms with Crippen LogP contribution in [0.4, 0.5) is 11.4 Å². The molecule has 0 spiro atoms. The first-order valence-electron chi connectivity index (χ1n) is 7.11. The molecule has 2 aromatic carbocycles. The van der Waals surface area contributed by atoms with Gasteiger partial charge in [-0.15, -0.1) is 0 Å². The van der Waals surface area contributed by atoms with Gasteiger partial charge in [-0.25, -0.2) is 4.31 Å². The monoisotopic (exact) mass is 459 g/mol. The molecule has 2 aromatic rings. The highest BCUT2D eigenvalue weighted by Gasteiger charge is 2.27. The Morgan fingerprint density at radius 1 is 1.04 bits per heavy atom. The Hall–Kier alpha value is -1.65. The summed E-state index contributed by atoms with van der Waals surface area (Å²) in [5.74, 6) is -0.412. The van der Waals surface area contributed by atoms with E-state index in [0.717, 1.165) is 12.2 Å². The van der Waals surface area contributed by atoms with E-state index in [1.165, 1.54) is 14.1 Å². The Kier molecular flexibility index (Phi) is 6.19. The molecule has 1 N–H and O–H groups in total. The first-order chi connectivity index (χ1) is 11.3. The third-order valence-corrected chi connectivity index (χ3v) is 5.74. The molecule has 128 valence electrons. The molecule has 0 aromatic heterocycles. The van der Waals surface area contributed by atoms with Crippen molar-refractivity contribution >= 4 is 50.1 Å². The van der Waals surface area contributed by atoms with Gasteiger partial charge < -0.3 is 5.32 Å². The molecule has 0 aliphatic rings. The van der Waals surface area contributed by atoms with Crippen molar-refractivity contribution in [2.45, 2.75) is 0 Å².